The van der Waals surface area contributed by atoms with E-state index in [1.165, 1.54) is 0 Å². The van der Waals surface area contributed by atoms with Crippen molar-refractivity contribution in [1.29, 1.82) is 0 Å². The van der Waals surface area contributed by atoms with Crippen molar-refractivity contribution in [1.82, 2.24) is 26.1 Å². The van der Waals surface area contributed by atoms with Crippen LogP contribution in [0.25, 0.3) is 33.4 Å². The third-order valence-corrected chi connectivity index (χ3v) is 3.86. The third kappa shape index (κ3) is 2.80. The SMILES string of the molecule is N.Nc1ncc(-c2ccnc(Cl)c2)nc1-c1ccc2[nH]ccc2c1. The Hall–Kier alpha value is -2.96. The van der Waals surface area contributed by atoms with Gasteiger partial charge in [0.05, 0.1) is 11.9 Å². The number of fused-ring (bicyclic) bond motifs is 1. The molecule has 0 aliphatic carbocycles. The summed E-state index contributed by atoms with van der Waals surface area (Å²) >= 11 is 5.95. The summed E-state index contributed by atoms with van der Waals surface area (Å²) in [6.45, 7) is 0. The molecule has 0 amide bonds. The van der Waals surface area contributed by atoms with Gasteiger partial charge in [-0.15, -0.1) is 0 Å². The summed E-state index contributed by atoms with van der Waals surface area (Å²) in [7, 11) is 0. The normalized spacial score (nSPS) is 10.5. The van der Waals surface area contributed by atoms with Gasteiger partial charge < -0.3 is 16.9 Å². The Kier molecular flexibility index (Phi) is 4.16. The Morgan fingerprint density at radius 3 is 2.71 bits per heavy atom. The van der Waals surface area contributed by atoms with E-state index in [-0.39, 0.29) is 6.15 Å². The van der Waals surface area contributed by atoms with E-state index in [4.69, 9.17) is 17.3 Å². The van der Waals surface area contributed by atoms with Crippen LogP contribution in [-0.2, 0) is 0 Å². The van der Waals surface area contributed by atoms with E-state index in [1.54, 1.807) is 18.5 Å². The fraction of sp³-hybridized carbons (Fsp3) is 0. The zero-order valence-electron chi connectivity index (χ0n) is 12.7. The molecular formula is C17H15ClN6. The molecule has 0 fully saturated rings. The highest BCUT2D eigenvalue weighted by Crippen LogP contribution is 2.28. The number of nitrogen functional groups attached to an aromatic ring is 1. The minimum absolute atomic E-state index is 0. The van der Waals surface area contributed by atoms with E-state index in [2.05, 4.69) is 19.9 Å². The monoisotopic (exact) mass is 338 g/mol. The number of benzene rings is 1. The molecule has 24 heavy (non-hydrogen) atoms. The predicted octanol–water partition coefficient (Wildman–Crippen LogP) is 4.08. The van der Waals surface area contributed by atoms with Crippen LogP contribution in [0.1, 0.15) is 0 Å². The molecule has 0 radical (unpaired) electrons. The number of H-pyrrole nitrogens is 1. The highest BCUT2D eigenvalue weighted by atomic mass is 35.5. The van der Waals surface area contributed by atoms with Crippen LogP contribution in [0.3, 0.4) is 0 Å². The molecule has 3 aromatic heterocycles. The summed E-state index contributed by atoms with van der Waals surface area (Å²) < 4.78 is 0. The van der Waals surface area contributed by atoms with Crippen molar-refractivity contribution in [3.05, 3.63) is 60.1 Å². The second-order valence-electron chi connectivity index (χ2n) is 5.14. The zero-order chi connectivity index (χ0) is 15.8. The number of hydrogen-bond acceptors (Lipinski definition) is 5. The molecule has 6 N–H and O–H groups in total. The molecule has 0 bridgehead atoms. The van der Waals surface area contributed by atoms with E-state index in [1.807, 2.05) is 36.5 Å². The maximum Gasteiger partial charge on any atom is 0.150 e. The predicted molar refractivity (Wildman–Crippen MR) is 97.0 cm³/mol. The fourth-order valence-corrected chi connectivity index (χ4v) is 2.69. The number of nitrogens with two attached hydrogens (primary N) is 1. The number of halogens is 1. The third-order valence-electron chi connectivity index (χ3n) is 3.65. The molecule has 0 aliphatic heterocycles. The van der Waals surface area contributed by atoms with Gasteiger partial charge in [0.1, 0.15) is 16.7 Å². The Balaban J connectivity index is 0.00000169. The first-order valence-corrected chi connectivity index (χ1v) is 7.40. The Labute approximate surface area is 143 Å². The van der Waals surface area contributed by atoms with Gasteiger partial charge in [0, 0.05) is 34.4 Å². The van der Waals surface area contributed by atoms with E-state index in [9.17, 15) is 0 Å². The van der Waals surface area contributed by atoms with Crippen molar-refractivity contribution >= 4 is 28.3 Å². The second kappa shape index (κ2) is 6.27. The summed E-state index contributed by atoms with van der Waals surface area (Å²) in [5.41, 5.74) is 10.2. The number of rotatable bonds is 2. The average Bonchev–Trinajstić information content (AvgIpc) is 3.03. The number of aromatic amines is 1. The van der Waals surface area contributed by atoms with Gasteiger partial charge in [-0.1, -0.05) is 17.7 Å². The Bertz CT molecular complexity index is 1010. The molecule has 7 heteroatoms. The molecule has 0 aliphatic rings. The number of aromatic nitrogens is 4. The number of hydrogen-bond donors (Lipinski definition) is 3. The molecule has 0 atom stereocenters. The highest BCUT2D eigenvalue weighted by molar-refractivity contribution is 6.29. The quantitative estimate of drug-likeness (QED) is 0.476. The number of pyridine rings is 1. The number of nitrogens with one attached hydrogen (secondary N) is 1. The summed E-state index contributed by atoms with van der Waals surface area (Å²) in [5.74, 6) is 0.392. The van der Waals surface area contributed by atoms with Crippen LogP contribution in [0, 0.1) is 0 Å². The lowest BCUT2D eigenvalue weighted by atomic mass is 10.1. The first-order chi connectivity index (χ1) is 11.2. The van der Waals surface area contributed by atoms with Crippen LogP contribution >= 0.6 is 11.6 Å². The van der Waals surface area contributed by atoms with Gasteiger partial charge in [-0.25, -0.2) is 15.0 Å². The summed E-state index contributed by atoms with van der Waals surface area (Å²) in [6.07, 6.45) is 5.18. The van der Waals surface area contributed by atoms with Crippen LogP contribution in [-0.4, -0.2) is 19.9 Å². The van der Waals surface area contributed by atoms with Crippen LogP contribution in [0.5, 0.6) is 0 Å². The Morgan fingerprint density at radius 1 is 1.00 bits per heavy atom. The van der Waals surface area contributed by atoms with Crippen LogP contribution in [0.4, 0.5) is 5.82 Å². The lowest BCUT2D eigenvalue weighted by Gasteiger charge is -2.08. The van der Waals surface area contributed by atoms with Gasteiger partial charge >= 0.3 is 0 Å². The summed E-state index contributed by atoms with van der Waals surface area (Å²) in [4.78, 5) is 16.1. The molecule has 4 rings (SSSR count). The summed E-state index contributed by atoms with van der Waals surface area (Å²) in [5, 5.41) is 1.51. The van der Waals surface area contributed by atoms with Crippen molar-refractivity contribution in [2.24, 2.45) is 0 Å². The molecule has 4 aromatic rings. The maximum absolute atomic E-state index is 6.03. The van der Waals surface area contributed by atoms with Gasteiger partial charge in [-0.2, -0.15) is 0 Å². The molecule has 0 unspecified atom stereocenters. The molecular weight excluding hydrogens is 324 g/mol. The van der Waals surface area contributed by atoms with Crippen molar-refractivity contribution in [2.45, 2.75) is 0 Å². The average molecular weight is 339 g/mol. The largest absolute Gasteiger partial charge is 0.382 e. The molecule has 0 saturated carbocycles. The van der Waals surface area contributed by atoms with Gasteiger partial charge in [-0.3, -0.25) is 0 Å². The van der Waals surface area contributed by atoms with E-state index < -0.39 is 0 Å². The standard InChI is InChI=1S/C17H12ClN5.H3N/c18-15-8-11(4-6-21-15)14-9-22-17(19)16(23-14)12-1-2-13-10(7-12)3-5-20-13;/h1-9,20H,(H2,19,22);1H3. The van der Waals surface area contributed by atoms with Crippen molar-refractivity contribution in [3.8, 4) is 22.5 Å². The lowest BCUT2D eigenvalue weighted by molar-refractivity contribution is 1.21. The van der Waals surface area contributed by atoms with Crippen molar-refractivity contribution < 1.29 is 0 Å². The first-order valence-electron chi connectivity index (χ1n) is 7.03. The van der Waals surface area contributed by atoms with Crippen LogP contribution in [0.15, 0.2) is 55.0 Å². The first kappa shape index (κ1) is 15.9. The topological polar surface area (TPSA) is 115 Å². The van der Waals surface area contributed by atoms with Crippen molar-refractivity contribution in [2.75, 3.05) is 5.73 Å². The van der Waals surface area contributed by atoms with E-state index >= 15 is 0 Å². The minimum atomic E-state index is 0. The fourth-order valence-electron chi connectivity index (χ4n) is 2.51. The van der Waals surface area contributed by atoms with Crippen molar-refractivity contribution in [3.63, 3.8) is 0 Å². The van der Waals surface area contributed by atoms with Crippen LogP contribution < -0.4 is 11.9 Å². The highest BCUT2D eigenvalue weighted by Gasteiger charge is 2.10. The molecule has 120 valence electrons. The second-order valence-corrected chi connectivity index (χ2v) is 5.52. The van der Waals surface area contributed by atoms with Gasteiger partial charge in [0.2, 0.25) is 0 Å². The smallest absolute Gasteiger partial charge is 0.150 e. The molecule has 0 saturated heterocycles. The van der Waals surface area contributed by atoms with Gasteiger partial charge in [0.25, 0.3) is 0 Å². The molecule has 3 heterocycles. The summed E-state index contributed by atoms with van der Waals surface area (Å²) in [6, 6.07) is 11.6. The number of anilines is 1. The Morgan fingerprint density at radius 2 is 1.88 bits per heavy atom. The zero-order valence-corrected chi connectivity index (χ0v) is 13.5. The van der Waals surface area contributed by atoms with Gasteiger partial charge in [0.15, 0.2) is 0 Å². The maximum atomic E-state index is 6.03. The van der Waals surface area contributed by atoms with Gasteiger partial charge in [-0.05, 0) is 30.3 Å². The molecule has 0 spiro atoms. The minimum Gasteiger partial charge on any atom is -0.382 e. The lowest BCUT2D eigenvalue weighted by Crippen LogP contribution is -1.99. The van der Waals surface area contributed by atoms with Crippen LogP contribution in [0.2, 0.25) is 5.15 Å². The molecule has 1 aromatic carbocycles. The number of nitrogens with zero attached hydrogens (tertiary/aromatic N) is 3. The van der Waals surface area contributed by atoms with E-state index in [0.29, 0.717) is 22.4 Å². The molecule has 6 nitrogen and oxygen atoms in total. The van der Waals surface area contributed by atoms with E-state index in [0.717, 1.165) is 22.0 Å².